The summed E-state index contributed by atoms with van der Waals surface area (Å²) >= 11 is 5.92. The van der Waals surface area contributed by atoms with Crippen LogP contribution >= 0.6 is 11.6 Å². The monoisotopic (exact) mass is 367 g/mol. The summed E-state index contributed by atoms with van der Waals surface area (Å²) in [5.74, 6) is 1.14. The minimum atomic E-state index is 0.556. The first-order valence-electron chi connectivity index (χ1n) is 8.30. The fourth-order valence-electron chi connectivity index (χ4n) is 2.93. The van der Waals surface area contributed by atoms with Gasteiger partial charge in [-0.15, -0.1) is 0 Å². The first-order valence-corrected chi connectivity index (χ1v) is 8.67. The van der Waals surface area contributed by atoms with Crippen LogP contribution in [0, 0.1) is 6.92 Å². The van der Waals surface area contributed by atoms with E-state index in [1.54, 1.807) is 0 Å². The Morgan fingerprint density at radius 3 is 2.69 bits per heavy atom. The van der Waals surface area contributed by atoms with Crippen molar-refractivity contribution in [2.24, 2.45) is 0 Å². The van der Waals surface area contributed by atoms with E-state index in [2.05, 4.69) is 24.4 Å². The molecule has 4 rings (SSSR count). The van der Waals surface area contributed by atoms with E-state index in [-0.39, 0.29) is 0 Å². The minimum Gasteiger partial charge on any atom is -0.338 e. The number of nitrogens with zero attached hydrogens (tertiary/aromatic N) is 5. The van der Waals surface area contributed by atoms with Crippen LogP contribution in [0.15, 0.2) is 53.2 Å². The van der Waals surface area contributed by atoms with Crippen molar-refractivity contribution in [2.75, 3.05) is 7.05 Å². The number of imidazole rings is 1. The average Bonchev–Trinajstić information content (AvgIpc) is 3.21. The van der Waals surface area contributed by atoms with Crippen LogP contribution in [-0.2, 0) is 13.1 Å². The lowest BCUT2D eigenvalue weighted by Gasteiger charge is -2.14. The Hall–Kier alpha value is -2.70. The van der Waals surface area contributed by atoms with Crippen LogP contribution in [0.3, 0.4) is 0 Å². The lowest BCUT2D eigenvalue weighted by atomic mass is 10.2. The van der Waals surface area contributed by atoms with E-state index in [9.17, 15) is 0 Å². The zero-order valence-corrected chi connectivity index (χ0v) is 15.3. The van der Waals surface area contributed by atoms with Crippen LogP contribution in [0.4, 0.5) is 0 Å². The van der Waals surface area contributed by atoms with Crippen LogP contribution < -0.4 is 0 Å². The zero-order valence-electron chi connectivity index (χ0n) is 14.6. The molecule has 3 heterocycles. The SMILES string of the molecule is Cc1nc2ccccn2c1CN(C)Cc1nc(-c2ccc(Cl)cc2)no1. The molecule has 0 bridgehead atoms. The van der Waals surface area contributed by atoms with Crippen LogP contribution in [0.5, 0.6) is 0 Å². The van der Waals surface area contributed by atoms with E-state index in [0.29, 0.717) is 23.3 Å². The Kier molecular flexibility index (Phi) is 4.44. The van der Waals surface area contributed by atoms with E-state index in [1.807, 2.05) is 62.6 Å². The first-order chi connectivity index (χ1) is 12.6. The highest BCUT2D eigenvalue weighted by Crippen LogP contribution is 2.19. The van der Waals surface area contributed by atoms with Crippen molar-refractivity contribution in [3.05, 3.63) is 71.0 Å². The molecular weight excluding hydrogens is 350 g/mol. The van der Waals surface area contributed by atoms with Crippen molar-refractivity contribution in [1.29, 1.82) is 0 Å². The maximum absolute atomic E-state index is 5.92. The highest BCUT2D eigenvalue weighted by Gasteiger charge is 2.14. The summed E-state index contributed by atoms with van der Waals surface area (Å²) in [6.07, 6.45) is 2.03. The Morgan fingerprint density at radius 2 is 1.88 bits per heavy atom. The molecule has 0 unspecified atom stereocenters. The van der Waals surface area contributed by atoms with Gasteiger partial charge in [0, 0.05) is 23.3 Å². The number of fused-ring (bicyclic) bond motifs is 1. The number of hydrogen-bond donors (Lipinski definition) is 0. The smallest absolute Gasteiger partial charge is 0.241 e. The molecule has 0 spiro atoms. The van der Waals surface area contributed by atoms with Gasteiger partial charge >= 0.3 is 0 Å². The van der Waals surface area contributed by atoms with Gasteiger partial charge in [0.25, 0.3) is 0 Å². The maximum atomic E-state index is 5.92. The molecule has 0 atom stereocenters. The molecule has 0 saturated carbocycles. The van der Waals surface area contributed by atoms with E-state index in [1.165, 1.54) is 0 Å². The zero-order chi connectivity index (χ0) is 18.1. The topological polar surface area (TPSA) is 59.5 Å². The van der Waals surface area contributed by atoms with Crippen molar-refractivity contribution in [1.82, 2.24) is 24.4 Å². The fraction of sp³-hybridized carbons (Fsp3) is 0.211. The third kappa shape index (κ3) is 3.34. The lowest BCUT2D eigenvalue weighted by molar-refractivity contribution is 0.258. The molecule has 26 heavy (non-hydrogen) atoms. The summed E-state index contributed by atoms with van der Waals surface area (Å²) in [5.41, 5.74) is 4.01. The number of aromatic nitrogens is 4. The van der Waals surface area contributed by atoms with Crippen molar-refractivity contribution in [3.8, 4) is 11.4 Å². The van der Waals surface area contributed by atoms with Gasteiger partial charge in [0.2, 0.25) is 11.7 Å². The van der Waals surface area contributed by atoms with Gasteiger partial charge in [-0.05, 0) is 50.4 Å². The van der Waals surface area contributed by atoms with Gasteiger partial charge in [0.05, 0.1) is 17.9 Å². The molecular formula is C19H18ClN5O. The normalized spacial score (nSPS) is 11.5. The second-order valence-electron chi connectivity index (χ2n) is 6.26. The summed E-state index contributed by atoms with van der Waals surface area (Å²) in [4.78, 5) is 11.2. The molecule has 4 aromatic rings. The van der Waals surface area contributed by atoms with Crippen LogP contribution in [0.25, 0.3) is 17.0 Å². The van der Waals surface area contributed by atoms with Crippen molar-refractivity contribution < 1.29 is 4.52 Å². The predicted molar refractivity (Wildman–Crippen MR) is 99.8 cm³/mol. The fourth-order valence-corrected chi connectivity index (χ4v) is 3.06. The molecule has 0 aliphatic rings. The Balaban J connectivity index is 1.49. The van der Waals surface area contributed by atoms with Gasteiger partial charge in [-0.2, -0.15) is 4.98 Å². The molecule has 6 nitrogen and oxygen atoms in total. The Morgan fingerprint density at radius 1 is 1.08 bits per heavy atom. The van der Waals surface area contributed by atoms with Gasteiger partial charge in [-0.3, -0.25) is 4.90 Å². The number of halogens is 1. The van der Waals surface area contributed by atoms with E-state index in [4.69, 9.17) is 16.1 Å². The minimum absolute atomic E-state index is 0.556. The van der Waals surface area contributed by atoms with E-state index >= 15 is 0 Å². The van der Waals surface area contributed by atoms with Crippen LogP contribution in [0.1, 0.15) is 17.3 Å². The molecule has 0 saturated heterocycles. The maximum Gasteiger partial charge on any atom is 0.241 e. The lowest BCUT2D eigenvalue weighted by Crippen LogP contribution is -2.19. The third-order valence-corrected chi connectivity index (χ3v) is 4.48. The number of benzene rings is 1. The molecule has 0 N–H and O–H groups in total. The summed E-state index contributed by atoms with van der Waals surface area (Å²) in [6.45, 7) is 3.32. The molecule has 0 amide bonds. The number of rotatable bonds is 5. The summed E-state index contributed by atoms with van der Waals surface area (Å²) in [5, 5.41) is 4.74. The second kappa shape index (κ2) is 6.90. The van der Waals surface area contributed by atoms with Crippen molar-refractivity contribution in [2.45, 2.75) is 20.0 Å². The van der Waals surface area contributed by atoms with Gasteiger partial charge in [-0.25, -0.2) is 4.98 Å². The highest BCUT2D eigenvalue weighted by molar-refractivity contribution is 6.30. The first kappa shape index (κ1) is 16.8. The summed E-state index contributed by atoms with van der Waals surface area (Å²) in [6, 6.07) is 13.4. The molecule has 0 fully saturated rings. The van der Waals surface area contributed by atoms with Crippen molar-refractivity contribution >= 4 is 17.2 Å². The highest BCUT2D eigenvalue weighted by atomic mass is 35.5. The molecule has 0 radical (unpaired) electrons. The molecule has 7 heteroatoms. The summed E-state index contributed by atoms with van der Waals surface area (Å²) < 4.78 is 7.51. The molecule has 3 aromatic heterocycles. The summed E-state index contributed by atoms with van der Waals surface area (Å²) in [7, 11) is 2.02. The Labute approximate surface area is 156 Å². The quantitative estimate of drug-likeness (QED) is 0.534. The molecule has 0 aliphatic carbocycles. The van der Waals surface area contributed by atoms with Gasteiger partial charge in [0.1, 0.15) is 5.65 Å². The standard InChI is InChI=1S/C19H18ClN5O/c1-13-16(25-10-4-3-5-17(25)21-13)11-24(2)12-18-22-19(23-26-18)14-6-8-15(20)9-7-14/h3-10H,11-12H2,1-2H3. The van der Waals surface area contributed by atoms with Gasteiger partial charge in [-0.1, -0.05) is 22.8 Å². The second-order valence-corrected chi connectivity index (χ2v) is 6.70. The van der Waals surface area contributed by atoms with E-state index < -0.39 is 0 Å². The number of hydrogen-bond acceptors (Lipinski definition) is 5. The molecule has 132 valence electrons. The molecule has 0 aliphatic heterocycles. The van der Waals surface area contributed by atoms with Gasteiger partial charge < -0.3 is 8.92 Å². The van der Waals surface area contributed by atoms with Crippen molar-refractivity contribution in [3.63, 3.8) is 0 Å². The van der Waals surface area contributed by atoms with Crippen LogP contribution in [0.2, 0.25) is 5.02 Å². The number of aryl methyl sites for hydroxylation is 1. The number of pyridine rings is 1. The van der Waals surface area contributed by atoms with Crippen LogP contribution in [-0.4, -0.2) is 31.5 Å². The third-order valence-electron chi connectivity index (χ3n) is 4.22. The average molecular weight is 368 g/mol. The predicted octanol–water partition coefficient (Wildman–Crippen LogP) is 3.98. The van der Waals surface area contributed by atoms with E-state index in [0.717, 1.165) is 29.1 Å². The molecule has 1 aromatic carbocycles. The largest absolute Gasteiger partial charge is 0.338 e. The van der Waals surface area contributed by atoms with Gasteiger partial charge in [0.15, 0.2) is 0 Å². The Bertz CT molecular complexity index is 1040.